The number of aliphatic hydroxyl groups is 1. The lowest BCUT2D eigenvalue weighted by Crippen LogP contribution is -2.24. The highest BCUT2D eigenvalue weighted by atomic mass is 16.4. The van der Waals surface area contributed by atoms with Crippen LogP contribution in [0, 0.1) is 0 Å². The molecule has 2 aromatic rings. The Kier molecular flexibility index (Phi) is 3.73. The van der Waals surface area contributed by atoms with Crippen LogP contribution in [-0.4, -0.2) is 16.9 Å². The van der Waals surface area contributed by atoms with Gasteiger partial charge in [0.25, 0.3) is 0 Å². The summed E-state index contributed by atoms with van der Waals surface area (Å²) in [6.07, 6.45) is 0. The normalized spacial score (nSPS) is 10.2. The predicted molar refractivity (Wildman–Crippen MR) is 66.6 cm³/mol. The summed E-state index contributed by atoms with van der Waals surface area (Å²) < 4.78 is 0. The molecule has 0 unspecified atom stereocenters. The standard InChI is InChI=1S/C15H12O4/c16-9-12-7-6-11(8-13(12)15(18)19)14(17)10-4-2-1-3-5-10/h1-8,16H,9H2,(H,18,19)/p-1. The van der Waals surface area contributed by atoms with Crippen LogP contribution in [0.15, 0.2) is 48.5 Å². The molecule has 0 aliphatic carbocycles. The third-order valence-corrected chi connectivity index (χ3v) is 2.80. The van der Waals surface area contributed by atoms with Gasteiger partial charge in [-0.25, -0.2) is 0 Å². The molecule has 0 spiro atoms. The fraction of sp³-hybridized carbons (Fsp3) is 0.0667. The number of ketones is 1. The summed E-state index contributed by atoms with van der Waals surface area (Å²) in [5.74, 6) is -1.68. The molecule has 0 amide bonds. The molecular weight excluding hydrogens is 244 g/mol. The van der Waals surface area contributed by atoms with Crippen LogP contribution in [0.4, 0.5) is 0 Å². The number of carboxylic acids is 1. The third kappa shape index (κ3) is 2.69. The Hall–Kier alpha value is -2.46. The summed E-state index contributed by atoms with van der Waals surface area (Å²) >= 11 is 0. The summed E-state index contributed by atoms with van der Waals surface area (Å²) in [5.41, 5.74) is 0.792. The molecule has 2 rings (SSSR count). The number of carboxylic acid groups (broad SMARTS) is 1. The summed E-state index contributed by atoms with van der Waals surface area (Å²) in [7, 11) is 0. The summed E-state index contributed by atoms with van der Waals surface area (Å²) in [5, 5.41) is 20.0. The molecule has 0 saturated carbocycles. The van der Waals surface area contributed by atoms with Crippen molar-refractivity contribution < 1.29 is 19.8 Å². The van der Waals surface area contributed by atoms with Crippen LogP contribution in [0.5, 0.6) is 0 Å². The molecule has 0 atom stereocenters. The average Bonchev–Trinajstić information content (AvgIpc) is 2.46. The van der Waals surface area contributed by atoms with Crippen LogP contribution in [0.3, 0.4) is 0 Å². The summed E-state index contributed by atoms with van der Waals surface area (Å²) in [4.78, 5) is 23.1. The number of rotatable bonds is 4. The monoisotopic (exact) mass is 255 g/mol. The van der Waals surface area contributed by atoms with Gasteiger partial charge in [-0.2, -0.15) is 0 Å². The van der Waals surface area contributed by atoms with Gasteiger partial charge < -0.3 is 15.0 Å². The second kappa shape index (κ2) is 5.46. The van der Waals surface area contributed by atoms with E-state index < -0.39 is 12.6 Å². The Morgan fingerprint density at radius 2 is 1.68 bits per heavy atom. The zero-order valence-electron chi connectivity index (χ0n) is 10.00. The molecule has 19 heavy (non-hydrogen) atoms. The fourth-order valence-corrected chi connectivity index (χ4v) is 1.80. The van der Waals surface area contributed by atoms with Crippen molar-refractivity contribution in [3.05, 3.63) is 70.8 Å². The maximum atomic E-state index is 12.1. The van der Waals surface area contributed by atoms with Crippen LogP contribution in [0.2, 0.25) is 0 Å². The largest absolute Gasteiger partial charge is 0.545 e. The van der Waals surface area contributed by atoms with Crippen molar-refractivity contribution in [2.24, 2.45) is 0 Å². The van der Waals surface area contributed by atoms with E-state index >= 15 is 0 Å². The van der Waals surface area contributed by atoms with Crippen molar-refractivity contribution in [1.82, 2.24) is 0 Å². The molecule has 0 aliphatic rings. The van der Waals surface area contributed by atoms with Crippen LogP contribution < -0.4 is 5.11 Å². The fourth-order valence-electron chi connectivity index (χ4n) is 1.80. The predicted octanol–water partition coefficient (Wildman–Crippen LogP) is 0.773. The van der Waals surface area contributed by atoms with Gasteiger partial charge in [0.1, 0.15) is 0 Å². The van der Waals surface area contributed by atoms with Gasteiger partial charge >= 0.3 is 0 Å². The van der Waals surface area contributed by atoms with Crippen LogP contribution >= 0.6 is 0 Å². The maximum Gasteiger partial charge on any atom is 0.193 e. The lowest BCUT2D eigenvalue weighted by molar-refractivity contribution is -0.255. The molecule has 0 radical (unpaired) electrons. The highest BCUT2D eigenvalue weighted by Gasteiger charge is 2.11. The molecule has 96 valence electrons. The minimum atomic E-state index is -1.41. The second-order valence-corrected chi connectivity index (χ2v) is 4.01. The van der Waals surface area contributed by atoms with Gasteiger partial charge in [-0.1, -0.05) is 42.5 Å². The van der Waals surface area contributed by atoms with Crippen molar-refractivity contribution in [3.63, 3.8) is 0 Å². The Bertz CT molecular complexity index is 617. The minimum Gasteiger partial charge on any atom is -0.545 e. The van der Waals surface area contributed by atoms with Gasteiger partial charge in [-0.3, -0.25) is 4.79 Å². The van der Waals surface area contributed by atoms with E-state index in [4.69, 9.17) is 5.11 Å². The topological polar surface area (TPSA) is 77.4 Å². The molecule has 4 nitrogen and oxygen atoms in total. The van der Waals surface area contributed by atoms with Gasteiger partial charge in [-0.15, -0.1) is 0 Å². The van der Waals surface area contributed by atoms with Gasteiger partial charge in [0, 0.05) is 16.7 Å². The lowest BCUT2D eigenvalue weighted by atomic mass is 9.98. The first-order valence-corrected chi connectivity index (χ1v) is 5.68. The van der Waals surface area contributed by atoms with Crippen molar-refractivity contribution in [1.29, 1.82) is 0 Å². The summed E-state index contributed by atoms with van der Waals surface area (Å²) in [6, 6.07) is 12.7. The molecule has 0 saturated heterocycles. The molecule has 2 aromatic carbocycles. The highest BCUT2D eigenvalue weighted by molar-refractivity contribution is 6.09. The van der Waals surface area contributed by atoms with E-state index in [2.05, 4.69) is 0 Å². The summed E-state index contributed by atoms with van der Waals surface area (Å²) in [6.45, 7) is -0.414. The maximum absolute atomic E-state index is 12.1. The van der Waals surface area contributed by atoms with E-state index in [0.717, 1.165) is 0 Å². The quantitative estimate of drug-likeness (QED) is 0.819. The molecule has 0 bridgehead atoms. The van der Waals surface area contributed by atoms with Crippen molar-refractivity contribution >= 4 is 11.8 Å². The smallest absolute Gasteiger partial charge is 0.193 e. The SMILES string of the molecule is O=C(c1ccccc1)c1ccc(CO)c(C(=O)[O-])c1. The van der Waals surface area contributed by atoms with Crippen LogP contribution in [-0.2, 0) is 6.61 Å². The number of aromatic carboxylic acids is 1. The van der Waals surface area contributed by atoms with Crippen LogP contribution in [0.25, 0.3) is 0 Å². The van der Waals surface area contributed by atoms with Crippen LogP contribution in [0.1, 0.15) is 31.8 Å². The molecular formula is C15H11O4-. The number of aliphatic hydroxyl groups excluding tert-OH is 1. The van der Waals surface area contributed by atoms with E-state index in [1.54, 1.807) is 30.3 Å². The van der Waals surface area contributed by atoms with Gasteiger partial charge in [0.2, 0.25) is 0 Å². The third-order valence-electron chi connectivity index (χ3n) is 2.80. The van der Waals surface area contributed by atoms with E-state index in [1.165, 1.54) is 18.2 Å². The average molecular weight is 255 g/mol. The molecule has 1 N–H and O–H groups in total. The van der Waals surface area contributed by atoms with Crippen molar-refractivity contribution in [2.45, 2.75) is 6.61 Å². The molecule has 0 heterocycles. The van der Waals surface area contributed by atoms with E-state index in [-0.39, 0.29) is 22.5 Å². The zero-order valence-corrected chi connectivity index (χ0v) is 10.00. The number of hydrogen-bond acceptors (Lipinski definition) is 4. The van der Waals surface area contributed by atoms with Gasteiger partial charge in [0.05, 0.1) is 12.6 Å². The van der Waals surface area contributed by atoms with Gasteiger partial charge in [0.15, 0.2) is 5.78 Å². The van der Waals surface area contributed by atoms with E-state index in [1.807, 2.05) is 0 Å². The Morgan fingerprint density at radius 3 is 2.26 bits per heavy atom. The van der Waals surface area contributed by atoms with E-state index in [0.29, 0.717) is 5.56 Å². The lowest BCUT2D eigenvalue weighted by Gasteiger charge is -2.10. The Labute approximate surface area is 109 Å². The first kappa shape index (κ1) is 13.0. The molecule has 0 aliphatic heterocycles. The van der Waals surface area contributed by atoms with Gasteiger partial charge in [-0.05, 0) is 11.6 Å². The number of carbonyl (C=O) groups is 2. The Balaban J connectivity index is 2.44. The highest BCUT2D eigenvalue weighted by Crippen LogP contribution is 2.15. The minimum absolute atomic E-state index is 0.163. The number of hydrogen-bond donors (Lipinski definition) is 1. The molecule has 0 aromatic heterocycles. The number of carbonyl (C=O) groups excluding carboxylic acids is 2. The molecule has 4 heteroatoms. The first-order valence-electron chi connectivity index (χ1n) is 5.68. The van der Waals surface area contributed by atoms with E-state index in [9.17, 15) is 14.7 Å². The van der Waals surface area contributed by atoms with Crippen molar-refractivity contribution in [3.8, 4) is 0 Å². The second-order valence-electron chi connectivity index (χ2n) is 4.01. The number of benzene rings is 2. The molecule has 0 fully saturated rings. The zero-order chi connectivity index (χ0) is 13.8. The Morgan fingerprint density at radius 1 is 1.00 bits per heavy atom. The van der Waals surface area contributed by atoms with Crippen molar-refractivity contribution in [2.75, 3.05) is 0 Å². The first-order chi connectivity index (χ1) is 9.13.